The third kappa shape index (κ3) is 2.76. The topological polar surface area (TPSA) is 21.3 Å². The predicted octanol–water partition coefficient (Wildman–Crippen LogP) is 2.98. The standard InChI is InChI=1S/C14H21NO/c1-11-9-14(3,10-12(2)15-11)16-13-7-5-4-6-8-13/h4-8,11-12,15H,9-10H2,1-3H3. The molecule has 1 aromatic carbocycles. The first-order chi connectivity index (χ1) is 7.57. The highest BCUT2D eigenvalue weighted by Gasteiger charge is 2.35. The van der Waals surface area contributed by atoms with Gasteiger partial charge in [-0.15, -0.1) is 0 Å². The molecule has 0 amide bonds. The highest BCUT2D eigenvalue weighted by atomic mass is 16.5. The van der Waals surface area contributed by atoms with Gasteiger partial charge in [-0.1, -0.05) is 18.2 Å². The molecule has 1 saturated heterocycles. The molecule has 1 aliphatic rings. The number of para-hydroxylation sites is 1. The van der Waals surface area contributed by atoms with Crippen molar-refractivity contribution in [2.24, 2.45) is 0 Å². The molecule has 1 N–H and O–H groups in total. The van der Waals surface area contributed by atoms with Crippen molar-refractivity contribution in [2.45, 2.75) is 51.3 Å². The number of rotatable bonds is 2. The Morgan fingerprint density at radius 2 is 1.69 bits per heavy atom. The lowest BCUT2D eigenvalue weighted by Crippen LogP contribution is -2.52. The van der Waals surface area contributed by atoms with E-state index in [0.717, 1.165) is 18.6 Å². The van der Waals surface area contributed by atoms with Crippen molar-refractivity contribution in [3.63, 3.8) is 0 Å². The molecule has 0 spiro atoms. The van der Waals surface area contributed by atoms with Gasteiger partial charge in [-0.3, -0.25) is 0 Å². The average molecular weight is 219 g/mol. The summed E-state index contributed by atoms with van der Waals surface area (Å²) in [6, 6.07) is 11.2. The molecule has 2 nitrogen and oxygen atoms in total. The van der Waals surface area contributed by atoms with Crippen LogP contribution in [0.1, 0.15) is 33.6 Å². The lowest BCUT2D eigenvalue weighted by atomic mass is 9.86. The minimum absolute atomic E-state index is 0.0363. The number of nitrogens with one attached hydrogen (secondary N) is 1. The normalized spacial score (nSPS) is 34.7. The fourth-order valence-corrected chi connectivity index (χ4v) is 2.84. The highest BCUT2D eigenvalue weighted by Crippen LogP contribution is 2.30. The maximum atomic E-state index is 6.14. The van der Waals surface area contributed by atoms with Gasteiger partial charge in [0.1, 0.15) is 11.4 Å². The van der Waals surface area contributed by atoms with Crippen LogP contribution in [0.2, 0.25) is 0 Å². The third-order valence-corrected chi connectivity index (χ3v) is 3.15. The second-order valence-corrected chi connectivity index (χ2v) is 5.24. The minimum atomic E-state index is -0.0363. The van der Waals surface area contributed by atoms with E-state index in [2.05, 4.69) is 26.1 Å². The van der Waals surface area contributed by atoms with Crippen molar-refractivity contribution < 1.29 is 4.74 Å². The molecule has 0 saturated carbocycles. The van der Waals surface area contributed by atoms with Crippen LogP contribution in [0.5, 0.6) is 5.75 Å². The quantitative estimate of drug-likeness (QED) is 0.825. The zero-order valence-electron chi connectivity index (χ0n) is 10.4. The molecule has 2 atom stereocenters. The van der Waals surface area contributed by atoms with Gasteiger partial charge in [0, 0.05) is 24.9 Å². The van der Waals surface area contributed by atoms with E-state index in [-0.39, 0.29) is 5.60 Å². The van der Waals surface area contributed by atoms with E-state index < -0.39 is 0 Å². The Labute approximate surface area is 98.0 Å². The molecule has 0 bridgehead atoms. The summed E-state index contributed by atoms with van der Waals surface area (Å²) in [6.45, 7) is 6.67. The van der Waals surface area contributed by atoms with Gasteiger partial charge < -0.3 is 10.1 Å². The Morgan fingerprint density at radius 1 is 1.12 bits per heavy atom. The summed E-state index contributed by atoms with van der Waals surface area (Å²) in [5.74, 6) is 0.978. The van der Waals surface area contributed by atoms with E-state index in [4.69, 9.17) is 4.74 Å². The number of hydrogen-bond donors (Lipinski definition) is 1. The monoisotopic (exact) mass is 219 g/mol. The molecular formula is C14H21NO. The summed E-state index contributed by atoms with van der Waals surface area (Å²) in [6.07, 6.45) is 2.12. The average Bonchev–Trinajstić information content (AvgIpc) is 2.15. The first-order valence-corrected chi connectivity index (χ1v) is 6.07. The first kappa shape index (κ1) is 11.5. The third-order valence-electron chi connectivity index (χ3n) is 3.15. The maximum Gasteiger partial charge on any atom is 0.120 e. The van der Waals surface area contributed by atoms with Gasteiger partial charge in [0.15, 0.2) is 0 Å². The van der Waals surface area contributed by atoms with Gasteiger partial charge in [-0.25, -0.2) is 0 Å². The van der Waals surface area contributed by atoms with E-state index in [1.54, 1.807) is 0 Å². The lowest BCUT2D eigenvalue weighted by Gasteiger charge is -2.41. The molecule has 0 radical (unpaired) electrons. The number of benzene rings is 1. The van der Waals surface area contributed by atoms with E-state index in [1.807, 2.05) is 30.3 Å². The molecule has 0 aliphatic carbocycles. The molecule has 1 heterocycles. The van der Waals surface area contributed by atoms with Gasteiger partial charge >= 0.3 is 0 Å². The minimum Gasteiger partial charge on any atom is -0.487 e. The van der Waals surface area contributed by atoms with Crippen molar-refractivity contribution in [1.29, 1.82) is 0 Å². The molecule has 2 unspecified atom stereocenters. The zero-order valence-corrected chi connectivity index (χ0v) is 10.4. The Bertz CT molecular complexity index is 326. The molecule has 0 aromatic heterocycles. The van der Waals surface area contributed by atoms with Crippen LogP contribution in [0.25, 0.3) is 0 Å². The SMILES string of the molecule is CC1CC(C)(Oc2ccccc2)CC(C)N1. The van der Waals surface area contributed by atoms with Crippen LogP contribution in [0, 0.1) is 0 Å². The zero-order chi connectivity index (χ0) is 11.6. The van der Waals surface area contributed by atoms with Gasteiger partial charge in [0.05, 0.1) is 0 Å². The van der Waals surface area contributed by atoms with Crippen molar-refractivity contribution in [1.82, 2.24) is 5.32 Å². The predicted molar refractivity (Wildman–Crippen MR) is 66.8 cm³/mol. The summed E-state index contributed by atoms with van der Waals surface area (Å²) in [7, 11) is 0. The molecular weight excluding hydrogens is 198 g/mol. The fourth-order valence-electron chi connectivity index (χ4n) is 2.84. The highest BCUT2D eigenvalue weighted by molar-refractivity contribution is 5.22. The fraction of sp³-hybridized carbons (Fsp3) is 0.571. The van der Waals surface area contributed by atoms with Crippen LogP contribution in [-0.4, -0.2) is 17.7 Å². The van der Waals surface area contributed by atoms with Gasteiger partial charge in [0.25, 0.3) is 0 Å². The lowest BCUT2D eigenvalue weighted by molar-refractivity contribution is 0.0265. The van der Waals surface area contributed by atoms with Crippen molar-refractivity contribution >= 4 is 0 Å². The van der Waals surface area contributed by atoms with Crippen LogP contribution in [0.4, 0.5) is 0 Å². The molecule has 88 valence electrons. The van der Waals surface area contributed by atoms with Gasteiger partial charge in [-0.05, 0) is 32.9 Å². The van der Waals surface area contributed by atoms with Crippen LogP contribution >= 0.6 is 0 Å². The molecule has 16 heavy (non-hydrogen) atoms. The molecule has 1 aliphatic heterocycles. The second-order valence-electron chi connectivity index (χ2n) is 5.24. The van der Waals surface area contributed by atoms with Gasteiger partial charge in [0.2, 0.25) is 0 Å². The molecule has 1 aromatic rings. The Balaban J connectivity index is 2.07. The summed E-state index contributed by atoms with van der Waals surface area (Å²) in [5, 5.41) is 3.54. The van der Waals surface area contributed by atoms with Crippen molar-refractivity contribution in [3.8, 4) is 5.75 Å². The number of piperidine rings is 1. The van der Waals surface area contributed by atoms with E-state index in [1.165, 1.54) is 0 Å². The summed E-state index contributed by atoms with van der Waals surface area (Å²) in [5.41, 5.74) is -0.0363. The first-order valence-electron chi connectivity index (χ1n) is 6.07. The van der Waals surface area contributed by atoms with Crippen molar-refractivity contribution in [3.05, 3.63) is 30.3 Å². The maximum absolute atomic E-state index is 6.14. The summed E-state index contributed by atoms with van der Waals surface area (Å²) in [4.78, 5) is 0. The van der Waals surface area contributed by atoms with Crippen LogP contribution in [0.3, 0.4) is 0 Å². The summed E-state index contributed by atoms with van der Waals surface area (Å²) < 4.78 is 6.14. The van der Waals surface area contributed by atoms with E-state index in [0.29, 0.717) is 12.1 Å². The molecule has 2 heteroatoms. The smallest absolute Gasteiger partial charge is 0.120 e. The summed E-state index contributed by atoms with van der Waals surface area (Å²) >= 11 is 0. The number of hydrogen-bond acceptors (Lipinski definition) is 2. The van der Waals surface area contributed by atoms with E-state index in [9.17, 15) is 0 Å². The van der Waals surface area contributed by atoms with E-state index >= 15 is 0 Å². The van der Waals surface area contributed by atoms with Gasteiger partial charge in [-0.2, -0.15) is 0 Å². The Hall–Kier alpha value is -1.02. The van der Waals surface area contributed by atoms with Crippen LogP contribution < -0.4 is 10.1 Å². The second kappa shape index (κ2) is 4.46. The Kier molecular flexibility index (Phi) is 3.20. The number of ether oxygens (including phenoxy) is 1. The molecule has 1 fully saturated rings. The molecule has 2 rings (SSSR count). The van der Waals surface area contributed by atoms with Crippen LogP contribution in [0.15, 0.2) is 30.3 Å². The van der Waals surface area contributed by atoms with Crippen LogP contribution in [-0.2, 0) is 0 Å². The largest absolute Gasteiger partial charge is 0.487 e. The Morgan fingerprint density at radius 3 is 2.25 bits per heavy atom. The van der Waals surface area contributed by atoms with Crippen molar-refractivity contribution in [2.75, 3.05) is 0 Å².